The van der Waals surface area contributed by atoms with Crippen LogP contribution < -0.4 is 4.80 Å². The quantitative estimate of drug-likeness (QED) is 0.372. The predicted octanol–water partition coefficient (Wildman–Crippen LogP) is 4.64. The molecule has 2 aromatic carbocycles. The Balaban J connectivity index is 1.90. The van der Waals surface area contributed by atoms with Gasteiger partial charge >= 0.3 is 0 Å². The summed E-state index contributed by atoms with van der Waals surface area (Å²) in [5, 5.41) is 22.0. The molecule has 0 N–H and O–H groups in total. The van der Waals surface area contributed by atoms with Crippen molar-refractivity contribution >= 4 is 34.3 Å². The van der Waals surface area contributed by atoms with Crippen LogP contribution >= 0.6 is 22.9 Å². The number of halogens is 1. The van der Waals surface area contributed by atoms with Gasteiger partial charge in [0, 0.05) is 29.6 Å². The number of nitrogens with zero attached hydrogens (tertiary/aromatic N) is 4. The minimum absolute atomic E-state index is 0.0692. The van der Waals surface area contributed by atoms with Crippen molar-refractivity contribution in [1.82, 2.24) is 4.57 Å². The number of nitro groups is 1. The summed E-state index contributed by atoms with van der Waals surface area (Å²) in [5.41, 5.74) is 3.61. The molecule has 8 heteroatoms. The zero-order valence-electron chi connectivity index (χ0n) is 14.1. The van der Waals surface area contributed by atoms with Crippen LogP contribution in [0.25, 0.3) is 11.3 Å². The van der Waals surface area contributed by atoms with E-state index in [2.05, 4.69) is 10.2 Å². The maximum Gasteiger partial charge on any atom is 0.269 e. The molecule has 0 saturated heterocycles. The van der Waals surface area contributed by atoms with E-state index in [1.54, 1.807) is 12.1 Å². The van der Waals surface area contributed by atoms with Crippen LogP contribution in [0, 0.1) is 10.1 Å². The van der Waals surface area contributed by atoms with E-state index in [0.717, 1.165) is 27.3 Å². The van der Waals surface area contributed by atoms with Gasteiger partial charge in [-0.15, -0.1) is 16.4 Å². The van der Waals surface area contributed by atoms with Crippen LogP contribution in [-0.2, 0) is 7.05 Å². The SMILES string of the molecule is CC(=NN=c1scc(-c2ccc([N+](=O)[O-])cc2)n1C)c1ccc(Cl)cc1. The second kappa shape index (κ2) is 7.63. The van der Waals surface area contributed by atoms with E-state index in [9.17, 15) is 10.1 Å². The maximum atomic E-state index is 10.8. The lowest BCUT2D eigenvalue weighted by Gasteiger charge is -2.02. The van der Waals surface area contributed by atoms with Crippen LogP contribution in [0.15, 0.2) is 64.1 Å². The van der Waals surface area contributed by atoms with Crippen LogP contribution in [0.3, 0.4) is 0 Å². The third kappa shape index (κ3) is 3.89. The Labute approximate surface area is 158 Å². The standard InChI is InChI=1S/C18H15ClN4O2S/c1-12(13-3-7-15(19)8-4-13)20-21-18-22(2)17(11-26-18)14-5-9-16(10-6-14)23(24)25/h3-11H,1-2H3. The third-order valence-electron chi connectivity index (χ3n) is 3.85. The molecule has 0 spiro atoms. The number of hydrogen-bond donors (Lipinski definition) is 0. The smallest absolute Gasteiger partial charge is 0.269 e. The van der Waals surface area contributed by atoms with Gasteiger partial charge in [-0.3, -0.25) is 10.1 Å². The normalized spacial score (nSPS) is 12.4. The van der Waals surface area contributed by atoms with E-state index in [0.29, 0.717) is 5.02 Å². The topological polar surface area (TPSA) is 72.8 Å². The first-order valence-corrected chi connectivity index (χ1v) is 8.95. The average molecular weight is 387 g/mol. The van der Waals surface area contributed by atoms with Gasteiger partial charge in [-0.1, -0.05) is 23.7 Å². The first-order chi connectivity index (χ1) is 12.5. The molecule has 26 heavy (non-hydrogen) atoms. The van der Waals surface area contributed by atoms with Crippen molar-refractivity contribution < 1.29 is 4.92 Å². The molecule has 3 rings (SSSR count). The average Bonchev–Trinajstić information content (AvgIpc) is 3.01. The molecule has 0 fully saturated rings. The molecule has 0 bridgehead atoms. The number of benzene rings is 2. The van der Waals surface area contributed by atoms with E-state index in [4.69, 9.17) is 11.6 Å². The second-order valence-corrected chi connectivity index (χ2v) is 6.83. The Morgan fingerprint density at radius 1 is 1.15 bits per heavy atom. The number of thiazole rings is 1. The van der Waals surface area contributed by atoms with Gasteiger partial charge in [0.1, 0.15) is 0 Å². The van der Waals surface area contributed by atoms with Crippen LogP contribution in [0.2, 0.25) is 5.02 Å². The van der Waals surface area contributed by atoms with Crippen molar-refractivity contribution in [1.29, 1.82) is 0 Å². The predicted molar refractivity (Wildman–Crippen MR) is 105 cm³/mol. The van der Waals surface area contributed by atoms with E-state index < -0.39 is 4.92 Å². The van der Waals surface area contributed by atoms with Gasteiger partial charge in [0.05, 0.1) is 16.3 Å². The van der Waals surface area contributed by atoms with Crippen molar-refractivity contribution in [3.8, 4) is 11.3 Å². The van der Waals surface area contributed by atoms with Gasteiger partial charge in [-0.05, 0) is 42.3 Å². The molecule has 0 aliphatic carbocycles. The van der Waals surface area contributed by atoms with Crippen LogP contribution in [-0.4, -0.2) is 15.2 Å². The zero-order valence-corrected chi connectivity index (χ0v) is 15.7. The summed E-state index contributed by atoms with van der Waals surface area (Å²) in [4.78, 5) is 11.1. The first kappa shape index (κ1) is 18.0. The second-order valence-electron chi connectivity index (χ2n) is 5.56. The number of rotatable bonds is 4. The van der Waals surface area contributed by atoms with Gasteiger partial charge in [0.2, 0.25) is 4.80 Å². The number of aromatic nitrogens is 1. The largest absolute Gasteiger partial charge is 0.318 e. The third-order valence-corrected chi connectivity index (χ3v) is 5.01. The summed E-state index contributed by atoms with van der Waals surface area (Å²) in [5.74, 6) is 0. The monoisotopic (exact) mass is 386 g/mol. The highest BCUT2D eigenvalue weighted by atomic mass is 35.5. The first-order valence-electron chi connectivity index (χ1n) is 7.69. The molecule has 0 amide bonds. The highest BCUT2D eigenvalue weighted by Gasteiger charge is 2.08. The van der Waals surface area contributed by atoms with Crippen LogP contribution in [0.5, 0.6) is 0 Å². The van der Waals surface area contributed by atoms with Crippen molar-refractivity contribution in [2.75, 3.05) is 0 Å². The maximum absolute atomic E-state index is 10.8. The summed E-state index contributed by atoms with van der Waals surface area (Å²) < 4.78 is 1.91. The molecule has 6 nitrogen and oxygen atoms in total. The highest BCUT2D eigenvalue weighted by molar-refractivity contribution is 7.07. The fourth-order valence-electron chi connectivity index (χ4n) is 2.34. The summed E-state index contributed by atoms with van der Waals surface area (Å²) in [7, 11) is 1.89. The Morgan fingerprint density at radius 2 is 1.81 bits per heavy atom. The summed E-state index contributed by atoms with van der Waals surface area (Å²) >= 11 is 7.35. The lowest BCUT2D eigenvalue weighted by atomic mass is 10.1. The summed E-state index contributed by atoms with van der Waals surface area (Å²) in [6.07, 6.45) is 0. The van der Waals surface area contributed by atoms with Gasteiger partial charge < -0.3 is 4.57 Å². The van der Waals surface area contributed by atoms with Crippen molar-refractivity contribution in [2.45, 2.75) is 6.92 Å². The molecule has 0 radical (unpaired) electrons. The number of hydrogen-bond acceptors (Lipinski definition) is 5. The minimum atomic E-state index is -0.410. The molecule has 1 heterocycles. The highest BCUT2D eigenvalue weighted by Crippen LogP contribution is 2.22. The van der Waals surface area contributed by atoms with E-state index >= 15 is 0 Å². The molecule has 0 atom stereocenters. The van der Waals surface area contributed by atoms with E-state index in [-0.39, 0.29) is 5.69 Å². The van der Waals surface area contributed by atoms with Gasteiger partial charge in [0.15, 0.2) is 0 Å². The molecule has 1 aromatic heterocycles. The Hall–Kier alpha value is -2.77. The van der Waals surface area contributed by atoms with Crippen LogP contribution in [0.1, 0.15) is 12.5 Å². The van der Waals surface area contributed by atoms with E-state index in [1.807, 2.05) is 48.2 Å². The fourth-order valence-corrected chi connectivity index (χ4v) is 3.32. The lowest BCUT2D eigenvalue weighted by Crippen LogP contribution is -2.11. The molecule has 0 saturated carbocycles. The molecular formula is C18H15ClN4O2S. The van der Waals surface area contributed by atoms with Crippen LogP contribution in [0.4, 0.5) is 5.69 Å². The molecule has 132 valence electrons. The molecule has 0 unspecified atom stereocenters. The van der Waals surface area contributed by atoms with E-state index in [1.165, 1.54) is 23.5 Å². The lowest BCUT2D eigenvalue weighted by molar-refractivity contribution is -0.384. The van der Waals surface area contributed by atoms with Crippen molar-refractivity contribution in [3.05, 3.63) is 79.4 Å². The van der Waals surface area contributed by atoms with Gasteiger partial charge in [-0.2, -0.15) is 5.10 Å². The molecule has 0 aliphatic heterocycles. The Kier molecular flexibility index (Phi) is 5.29. The zero-order chi connectivity index (χ0) is 18.7. The summed E-state index contributed by atoms with van der Waals surface area (Å²) in [6, 6.07) is 13.9. The number of non-ortho nitro benzene ring substituents is 1. The van der Waals surface area contributed by atoms with Crippen molar-refractivity contribution in [2.24, 2.45) is 17.3 Å². The Bertz CT molecular complexity index is 1030. The van der Waals surface area contributed by atoms with Gasteiger partial charge in [0.25, 0.3) is 5.69 Å². The molecule has 0 aliphatic rings. The summed E-state index contributed by atoms with van der Waals surface area (Å²) in [6.45, 7) is 1.89. The minimum Gasteiger partial charge on any atom is -0.318 e. The van der Waals surface area contributed by atoms with Gasteiger partial charge in [-0.25, -0.2) is 0 Å². The number of nitro benzene ring substituents is 1. The molecular weight excluding hydrogens is 372 g/mol. The van der Waals surface area contributed by atoms with Crippen molar-refractivity contribution in [3.63, 3.8) is 0 Å². The fraction of sp³-hybridized carbons (Fsp3) is 0.111. The molecule has 3 aromatic rings. The Morgan fingerprint density at radius 3 is 2.42 bits per heavy atom.